The minimum atomic E-state index is -0.480. The quantitative estimate of drug-likeness (QED) is 0.284. The molecule has 2 aromatic rings. The Labute approximate surface area is 292 Å². The maximum Gasteiger partial charge on any atom is 0.410 e. The lowest BCUT2D eigenvalue weighted by Gasteiger charge is -2.42. The van der Waals surface area contributed by atoms with E-state index >= 15 is 0 Å². The lowest BCUT2D eigenvalue weighted by Crippen LogP contribution is -2.47. The standard InChI is InChI=1S/C19H25ClN2O2.C19H28ClNO2/c1-18(2,3)24-17(23)22-13-10-19(11-14-22,9-12-21-4)15-5-7-16(20)8-6-15;1-5-10-19(15-6-8-16(20)9-7-15)11-13-21(14-12-19)17(22)23-18(2,3)4/h5-8H,9-14H2,1-3H3;6-9H,5,10-14H2,1-4H3. The zero-order chi connectivity index (χ0) is 34.9. The van der Waals surface area contributed by atoms with Gasteiger partial charge in [0.1, 0.15) is 11.2 Å². The average molecular weight is 687 g/mol. The molecule has 2 heterocycles. The number of likely N-dealkylation sites (tertiary alicyclic amines) is 2. The van der Waals surface area contributed by atoms with Crippen molar-refractivity contribution in [2.45, 2.75) is 115 Å². The topological polar surface area (TPSA) is 63.4 Å². The van der Waals surface area contributed by atoms with E-state index in [2.05, 4.69) is 36.0 Å². The summed E-state index contributed by atoms with van der Waals surface area (Å²) in [5.74, 6) is 0. The summed E-state index contributed by atoms with van der Waals surface area (Å²) in [6.45, 7) is 24.0. The highest BCUT2D eigenvalue weighted by atomic mass is 35.5. The highest BCUT2D eigenvalue weighted by Gasteiger charge is 2.40. The van der Waals surface area contributed by atoms with Crippen molar-refractivity contribution in [3.8, 4) is 0 Å². The van der Waals surface area contributed by atoms with Crippen LogP contribution in [0.4, 0.5) is 9.59 Å². The maximum atomic E-state index is 12.3. The minimum Gasteiger partial charge on any atom is -0.444 e. The molecule has 0 atom stereocenters. The number of benzene rings is 2. The van der Waals surface area contributed by atoms with Crippen molar-refractivity contribution in [1.82, 2.24) is 9.80 Å². The third kappa shape index (κ3) is 11.3. The molecule has 0 spiro atoms. The molecule has 0 saturated carbocycles. The van der Waals surface area contributed by atoms with Crippen LogP contribution >= 0.6 is 23.2 Å². The molecular formula is C38H53Cl2N3O4. The lowest BCUT2D eigenvalue weighted by molar-refractivity contribution is 0.0149. The number of halogens is 2. The van der Waals surface area contributed by atoms with Crippen LogP contribution in [0.2, 0.25) is 10.0 Å². The normalized spacial score (nSPS) is 17.5. The van der Waals surface area contributed by atoms with Gasteiger partial charge in [0, 0.05) is 48.1 Å². The lowest BCUT2D eigenvalue weighted by atomic mass is 9.70. The molecule has 4 rings (SSSR count). The van der Waals surface area contributed by atoms with E-state index in [1.165, 1.54) is 11.1 Å². The fraction of sp³-hybridized carbons (Fsp3) is 0.605. The van der Waals surface area contributed by atoms with E-state index in [1.807, 2.05) is 70.7 Å². The van der Waals surface area contributed by atoms with E-state index in [9.17, 15) is 9.59 Å². The number of carbonyl (C=O) groups is 2. The van der Waals surface area contributed by atoms with Gasteiger partial charge in [-0.05, 0) is 114 Å². The van der Waals surface area contributed by atoms with E-state index in [0.717, 1.165) is 63.1 Å². The summed E-state index contributed by atoms with van der Waals surface area (Å²) in [6.07, 6.45) is 6.25. The van der Waals surface area contributed by atoms with Crippen LogP contribution in [0.1, 0.15) is 105 Å². The molecule has 0 aliphatic carbocycles. The molecule has 0 N–H and O–H groups in total. The Morgan fingerprint density at radius 2 is 1.04 bits per heavy atom. The number of hydrogen-bond donors (Lipinski definition) is 0. The third-order valence-electron chi connectivity index (χ3n) is 9.09. The molecule has 2 fully saturated rings. The molecule has 2 aromatic carbocycles. The van der Waals surface area contributed by atoms with E-state index < -0.39 is 11.2 Å². The van der Waals surface area contributed by atoms with E-state index in [4.69, 9.17) is 39.2 Å². The maximum absolute atomic E-state index is 12.3. The molecule has 2 aliphatic heterocycles. The van der Waals surface area contributed by atoms with Gasteiger partial charge in [0.25, 0.3) is 0 Å². The van der Waals surface area contributed by atoms with Gasteiger partial charge in [0.15, 0.2) is 0 Å². The molecule has 0 radical (unpaired) electrons. The van der Waals surface area contributed by atoms with E-state index in [1.54, 1.807) is 4.90 Å². The smallest absolute Gasteiger partial charge is 0.410 e. The molecule has 0 aromatic heterocycles. The first-order valence-electron chi connectivity index (χ1n) is 16.8. The number of amides is 2. The predicted octanol–water partition coefficient (Wildman–Crippen LogP) is 10.3. The first-order chi connectivity index (χ1) is 22.0. The second kappa shape index (κ2) is 16.4. The summed E-state index contributed by atoms with van der Waals surface area (Å²) in [6, 6.07) is 16.1. The second-order valence-electron chi connectivity index (χ2n) is 14.9. The van der Waals surface area contributed by atoms with Gasteiger partial charge in [-0.25, -0.2) is 16.2 Å². The summed E-state index contributed by atoms with van der Waals surface area (Å²) in [4.78, 5) is 31.7. The minimum absolute atomic E-state index is 0.0619. The van der Waals surface area contributed by atoms with Crippen LogP contribution in [0, 0.1) is 6.57 Å². The number of rotatable bonds is 6. The molecule has 7 nitrogen and oxygen atoms in total. The van der Waals surface area contributed by atoms with Gasteiger partial charge < -0.3 is 24.1 Å². The second-order valence-corrected chi connectivity index (χ2v) is 15.8. The van der Waals surface area contributed by atoms with Crippen LogP contribution < -0.4 is 0 Å². The van der Waals surface area contributed by atoms with Gasteiger partial charge >= 0.3 is 12.2 Å². The van der Waals surface area contributed by atoms with Crippen molar-refractivity contribution in [3.05, 3.63) is 81.1 Å². The highest BCUT2D eigenvalue weighted by molar-refractivity contribution is 6.30. The Morgan fingerprint density at radius 3 is 1.34 bits per heavy atom. The molecule has 0 bridgehead atoms. The molecule has 2 amide bonds. The van der Waals surface area contributed by atoms with Crippen LogP contribution in [0.15, 0.2) is 48.5 Å². The number of carbonyl (C=O) groups excluding carboxylic acids is 2. The zero-order valence-corrected chi connectivity index (χ0v) is 30.8. The summed E-state index contributed by atoms with van der Waals surface area (Å²) >= 11 is 12.0. The van der Waals surface area contributed by atoms with Crippen LogP contribution in [-0.2, 0) is 20.3 Å². The van der Waals surface area contributed by atoms with Crippen LogP contribution in [-0.4, -0.2) is 65.9 Å². The van der Waals surface area contributed by atoms with Crippen LogP contribution in [0.25, 0.3) is 4.85 Å². The predicted molar refractivity (Wildman–Crippen MR) is 191 cm³/mol. The Hall–Kier alpha value is -2.95. The molecule has 0 unspecified atom stereocenters. The van der Waals surface area contributed by atoms with E-state index in [0.29, 0.717) is 24.7 Å². The van der Waals surface area contributed by atoms with Gasteiger partial charge in [0.2, 0.25) is 6.54 Å². The molecule has 2 aliphatic rings. The Kier molecular flexibility index (Phi) is 13.5. The largest absolute Gasteiger partial charge is 0.444 e. The molecular weight excluding hydrogens is 633 g/mol. The molecule has 2 saturated heterocycles. The van der Waals surface area contributed by atoms with Gasteiger partial charge in [-0.2, -0.15) is 0 Å². The first-order valence-corrected chi connectivity index (χ1v) is 17.6. The summed E-state index contributed by atoms with van der Waals surface area (Å²) in [5, 5.41) is 1.48. The zero-order valence-electron chi connectivity index (χ0n) is 29.3. The molecule has 47 heavy (non-hydrogen) atoms. The first kappa shape index (κ1) is 38.5. The number of ether oxygens (including phenoxy) is 2. The third-order valence-corrected chi connectivity index (χ3v) is 9.59. The van der Waals surface area contributed by atoms with Crippen LogP contribution in [0.5, 0.6) is 0 Å². The highest BCUT2D eigenvalue weighted by Crippen LogP contribution is 2.41. The Balaban J connectivity index is 0.000000256. The molecule has 258 valence electrons. The Bertz CT molecular complexity index is 1340. The fourth-order valence-electron chi connectivity index (χ4n) is 6.61. The monoisotopic (exact) mass is 685 g/mol. The van der Waals surface area contributed by atoms with Crippen molar-refractivity contribution in [2.24, 2.45) is 0 Å². The fourth-order valence-corrected chi connectivity index (χ4v) is 6.86. The van der Waals surface area contributed by atoms with Crippen molar-refractivity contribution in [2.75, 3.05) is 32.7 Å². The van der Waals surface area contributed by atoms with Gasteiger partial charge in [-0.15, -0.1) is 0 Å². The van der Waals surface area contributed by atoms with Gasteiger partial charge in [-0.1, -0.05) is 60.8 Å². The summed E-state index contributed by atoms with van der Waals surface area (Å²) in [5.41, 5.74) is 1.72. The number of hydrogen-bond acceptors (Lipinski definition) is 4. The van der Waals surface area contributed by atoms with Crippen molar-refractivity contribution < 1.29 is 19.1 Å². The average Bonchev–Trinajstić information content (AvgIpc) is 3.00. The number of nitrogens with zero attached hydrogens (tertiary/aromatic N) is 3. The van der Waals surface area contributed by atoms with Crippen molar-refractivity contribution >= 4 is 35.4 Å². The van der Waals surface area contributed by atoms with Crippen LogP contribution in [0.3, 0.4) is 0 Å². The SMILES string of the molecule is CCCC1(c2ccc(Cl)cc2)CCN(C(=O)OC(C)(C)C)CC1.[C-]#[N+]CCC1(c2ccc(Cl)cc2)CCN(C(=O)OC(C)(C)C)CC1. The van der Waals surface area contributed by atoms with Gasteiger partial charge in [0.05, 0.1) is 0 Å². The molecule has 9 heteroatoms. The Morgan fingerprint density at radius 1 is 0.702 bits per heavy atom. The summed E-state index contributed by atoms with van der Waals surface area (Å²) in [7, 11) is 0. The number of piperidine rings is 2. The van der Waals surface area contributed by atoms with Crippen molar-refractivity contribution in [3.63, 3.8) is 0 Å². The summed E-state index contributed by atoms with van der Waals surface area (Å²) < 4.78 is 11.0. The van der Waals surface area contributed by atoms with Crippen molar-refractivity contribution in [1.29, 1.82) is 0 Å². The van der Waals surface area contributed by atoms with Gasteiger partial charge in [-0.3, -0.25) is 0 Å². The van der Waals surface area contributed by atoms with E-state index in [-0.39, 0.29) is 23.0 Å².